The number of hydrogen-bond acceptors (Lipinski definition) is 1. The molecule has 0 radical (unpaired) electrons. The maximum atomic E-state index is 4.43. The van der Waals surface area contributed by atoms with Crippen LogP contribution in [0, 0.1) is 13.8 Å². The highest BCUT2D eigenvalue weighted by Gasteiger charge is 2.14. The molecule has 0 atom stereocenters. The van der Waals surface area contributed by atoms with Crippen LogP contribution in [0.1, 0.15) is 18.2 Å². The van der Waals surface area contributed by atoms with Crippen molar-refractivity contribution in [3.63, 3.8) is 0 Å². The molecule has 0 spiro atoms. The van der Waals surface area contributed by atoms with Crippen LogP contribution >= 0.6 is 15.9 Å². The van der Waals surface area contributed by atoms with Gasteiger partial charge in [-0.2, -0.15) is 0 Å². The Kier molecular flexibility index (Phi) is 2.67. The van der Waals surface area contributed by atoms with Gasteiger partial charge in [0.15, 0.2) is 0 Å². The van der Waals surface area contributed by atoms with Gasteiger partial charge in [-0.3, -0.25) is 4.98 Å². The van der Waals surface area contributed by atoms with E-state index >= 15 is 0 Å². The molecule has 0 bridgehead atoms. The Morgan fingerprint density at radius 2 is 1.94 bits per heavy atom. The summed E-state index contributed by atoms with van der Waals surface area (Å²) in [5.41, 5.74) is 4.89. The molecular weight excluding hydrogens is 288 g/mol. The molecule has 0 saturated carbocycles. The van der Waals surface area contributed by atoms with E-state index in [0.29, 0.717) is 0 Å². The average molecular weight is 303 g/mol. The van der Waals surface area contributed by atoms with Crippen LogP contribution in [0.2, 0.25) is 0 Å². The maximum Gasteiger partial charge on any atom is 0.0707 e. The first kappa shape index (κ1) is 11.7. The largest absolute Gasteiger partial charge is 0.338 e. The number of aryl methyl sites for hydroxylation is 3. The summed E-state index contributed by atoms with van der Waals surface area (Å²) in [5, 5.41) is 2.60. The Labute approximate surface area is 115 Å². The van der Waals surface area contributed by atoms with E-state index in [1.807, 2.05) is 6.20 Å². The predicted molar refractivity (Wildman–Crippen MR) is 80.1 cm³/mol. The summed E-state index contributed by atoms with van der Waals surface area (Å²) >= 11 is 3.70. The Balaban J connectivity index is 2.66. The van der Waals surface area contributed by atoms with Crippen LogP contribution in [0.4, 0.5) is 0 Å². The molecule has 0 aliphatic carbocycles. The van der Waals surface area contributed by atoms with Gasteiger partial charge in [0.25, 0.3) is 0 Å². The van der Waals surface area contributed by atoms with Crippen molar-refractivity contribution < 1.29 is 0 Å². The van der Waals surface area contributed by atoms with Crippen LogP contribution in [0.15, 0.2) is 28.9 Å². The quantitative estimate of drug-likeness (QED) is 0.643. The van der Waals surface area contributed by atoms with Gasteiger partial charge >= 0.3 is 0 Å². The van der Waals surface area contributed by atoms with Crippen LogP contribution in [-0.2, 0) is 6.54 Å². The van der Waals surface area contributed by atoms with Crippen molar-refractivity contribution in [3.05, 3.63) is 40.1 Å². The van der Waals surface area contributed by atoms with Crippen molar-refractivity contribution in [2.24, 2.45) is 0 Å². The third-order valence-corrected chi connectivity index (χ3v) is 4.07. The van der Waals surface area contributed by atoms with Gasteiger partial charge in [-0.25, -0.2) is 0 Å². The van der Waals surface area contributed by atoms with Gasteiger partial charge < -0.3 is 4.57 Å². The number of rotatable bonds is 1. The lowest BCUT2D eigenvalue weighted by Crippen LogP contribution is -1.96. The van der Waals surface area contributed by atoms with E-state index in [4.69, 9.17) is 0 Å². The number of halogens is 1. The molecule has 0 amide bonds. The van der Waals surface area contributed by atoms with Crippen LogP contribution in [0.25, 0.3) is 21.8 Å². The van der Waals surface area contributed by atoms with Gasteiger partial charge in [0.1, 0.15) is 0 Å². The first-order valence-electron chi connectivity index (χ1n) is 6.17. The van der Waals surface area contributed by atoms with Crippen LogP contribution in [0.3, 0.4) is 0 Å². The van der Waals surface area contributed by atoms with Crippen molar-refractivity contribution in [3.8, 4) is 0 Å². The molecule has 0 saturated heterocycles. The molecule has 18 heavy (non-hydrogen) atoms. The lowest BCUT2D eigenvalue weighted by molar-refractivity contribution is 0.820. The summed E-state index contributed by atoms with van der Waals surface area (Å²) in [6.45, 7) is 7.34. The number of hydrogen-bond donors (Lipinski definition) is 0. The maximum absolute atomic E-state index is 4.43. The zero-order valence-electron chi connectivity index (χ0n) is 10.8. The molecular formula is C15H15BrN2. The molecule has 0 fully saturated rings. The third kappa shape index (κ3) is 1.50. The fourth-order valence-electron chi connectivity index (χ4n) is 2.76. The van der Waals surface area contributed by atoms with Gasteiger partial charge in [0, 0.05) is 28.0 Å². The molecule has 92 valence electrons. The van der Waals surface area contributed by atoms with E-state index in [-0.39, 0.29) is 0 Å². The van der Waals surface area contributed by atoms with E-state index in [1.54, 1.807) is 0 Å². The second-order valence-corrected chi connectivity index (χ2v) is 5.53. The van der Waals surface area contributed by atoms with Gasteiger partial charge in [-0.1, -0.05) is 0 Å². The molecule has 0 aliphatic heterocycles. The predicted octanol–water partition coefficient (Wildman–Crippen LogP) is 4.59. The molecule has 1 aromatic carbocycles. The fourth-order valence-corrected chi connectivity index (χ4v) is 3.55. The summed E-state index contributed by atoms with van der Waals surface area (Å²) in [7, 11) is 0. The Morgan fingerprint density at radius 3 is 2.67 bits per heavy atom. The van der Waals surface area contributed by atoms with Crippen molar-refractivity contribution in [2.45, 2.75) is 27.3 Å². The van der Waals surface area contributed by atoms with Crippen molar-refractivity contribution >= 4 is 37.7 Å². The first-order chi connectivity index (χ1) is 8.63. The molecule has 0 aliphatic rings. The Bertz CT molecular complexity index is 756. The molecule has 2 aromatic heterocycles. The summed E-state index contributed by atoms with van der Waals surface area (Å²) in [4.78, 5) is 4.43. The highest BCUT2D eigenvalue weighted by Crippen LogP contribution is 2.35. The number of pyridine rings is 1. The second-order valence-electron chi connectivity index (χ2n) is 4.68. The number of fused-ring (bicyclic) bond motifs is 3. The van der Waals surface area contributed by atoms with Gasteiger partial charge in [-0.05, 0) is 60.5 Å². The van der Waals surface area contributed by atoms with E-state index in [0.717, 1.165) is 16.7 Å². The van der Waals surface area contributed by atoms with E-state index in [9.17, 15) is 0 Å². The first-order valence-corrected chi connectivity index (χ1v) is 6.96. The molecule has 3 aromatic rings. The van der Waals surface area contributed by atoms with Crippen molar-refractivity contribution in [1.29, 1.82) is 0 Å². The Hall–Kier alpha value is -1.35. The zero-order chi connectivity index (χ0) is 12.9. The van der Waals surface area contributed by atoms with E-state index in [1.165, 1.54) is 27.4 Å². The molecule has 3 heteroatoms. The standard InChI is InChI=1S/C15H15BrN2/c1-4-18-14-10(3)17-6-5-11(14)12-7-9(2)8-13(16)15(12)18/h5-8H,4H2,1-3H3. The number of benzene rings is 1. The number of nitrogens with zero attached hydrogens (tertiary/aromatic N) is 2. The van der Waals surface area contributed by atoms with Gasteiger partial charge in [-0.15, -0.1) is 0 Å². The minimum Gasteiger partial charge on any atom is -0.338 e. The highest BCUT2D eigenvalue weighted by molar-refractivity contribution is 9.10. The summed E-state index contributed by atoms with van der Waals surface area (Å²) in [6.07, 6.45) is 1.90. The second kappa shape index (κ2) is 4.09. The lowest BCUT2D eigenvalue weighted by atomic mass is 10.1. The molecule has 0 unspecified atom stereocenters. The van der Waals surface area contributed by atoms with Crippen LogP contribution in [-0.4, -0.2) is 9.55 Å². The topological polar surface area (TPSA) is 17.8 Å². The van der Waals surface area contributed by atoms with Crippen molar-refractivity contribution in [2.75, 3.05) is 0 Å². The highest BCUT2D eigenvalue weighted by atomic mass is 79.9. The summed E-state index contributed by atoms with van der Waals surface area (Å²) < 4.78 is 3.51. The van der Waals surface area contributed by atoms with Crippen LogP contribution < -0.4 is 0 Å². The van der Waals surface area contributed by atoms with Gasteiger partial charge in [0.05, 0.1) is 16.7 Å². The van der Waals surface area contributed by atoms with Gasteiger partial charge in [0.2, 0.25) is 0 Å². The minimum atomic E-state index is 0.953. The zero-order valence-corrected chi connectivity index (χ0v) is 12.4. The summed E-state index contributed by atoms with van der Waals surface area (Å²) in [6, 6.07) is 6.55. The lowest BCUT2D eigenvalue weighted by Gasteiger charge is -2.06. The molecule has 2 heterocycles. The smallest absolute Gasteiger partial charge is 0.0707 e. The van der Waals surface area contributed by atoms with E-state index in [2.05, 4.69) is 64.5 Å². The normalized spacial score (nSPS) is 11.6. The average Bonchev–Trinajstić information content (AvgIpc) is 2.65. The molecule has 0 N–H and O–H groups in total. The van der Waals surface area contributed by atoms with E-state index < -0.39 is 0 Å². The minimum absolute atomic E-state index is 0.953. The number of aromatic nitrogens is 2. The summed E-state index contributed by atoms with van der Waals surface area (Å²) in [5.74, 6) is 0. The Morgan fingerprint density at radius 1 is 1.17 bits per heavy atom. The SMILES string of the molecule is CCn1c2c(Br)cc(C)cc2c2ccnc(C)c21. The molecule has 3 rings (SSSR count). The third-order valence-electron chi connectivity index (χ3n) is 3.46. The molecule has 2 nitrogen and oxygen atoms in total. The van der Waals surface area contributed by atoms with Crippen molar-refractivity contribution in [1.82, 2.24) is 9.55 Å². The monoisotopic (exact) mass is 302 g/mol. The fraction of sp³-hybridized carbons (Fsp3) is 0.267. The van der Waals surface area contributed by atoms with Crippen LogP contribution in [0.5, 0.6) is 0 Å².